The van der Waals surface area contributed by atoms with Gasteiger partial charge in [0.05, 0.1) is 0 Å². The van der Waals surface area contributed by atoms with Crippen molar-refractivity contribution >= 4 is 0 Å². The zero-order valence-corrected chi connectivity index (χ0v) is 9.59. The fraction of sp³-hybridized carbons (Fsp3) is 1.00. The van der Waals surface area contributed by atoms with Crippen LogP contribution in [0.1, 0.15) is 40.5 Å². The van der Waals surface area contributed by atoms with Gasteiger partial charge in [-0.15, -0.1) is 0 Å². The average Bonchev–Trinajstić information content (AvgIpc) is 2.02. The van der Waals surface area contributed by atoms with Crippen LogP contribution in [-0.4, -0.2) is 25.0 Å². The Morgan fingerprint density at radius 2 is 1.50 bits per heavy atom. The van der Waals surface area contributed by atoms with Crippen molar-refractivity contribution in [2.45, 2.75) is 46.6 Å². The topological polar surface area (TPSA) is 3.24 Å². The molecule has 0 saturated carbocycles. The van der Waals surface area contributed by atoms with Gasteiger partial charge in [-0.05, 0) is 39.3 Å². The summed E-state index contributed by atoms with van der Waals surface area (Å²) in [4.78, 5) is 2.30. The fourth-order valence-corrected chi connectivity index (χ4v) is 1.38. The molecule has 0 aliphatic heterocycles. The van der Waals surface area contributed by atoms with Gasteiger partial charge in [0.2, 0.25) is 0 Å². The maximum absolute atomic E-state index is 2.37. The van der Waals surface area contributed by atoms with E-state index in [1.165, 1.54) is 12.8 Å². The van der Waals surface area contributed by atoms with Crippen molar-refractivity contribution in [3.8, 4) is 0 Å². The lowest BCUT2D eigenvalue weighted by atomic mass is 9.88. The van der Waals surface area contributed by atoms with Crippen molar-refractivity contribution in [1.29, 1.82) is 0 Å². The molecule has 0 amide bonds. The lowest BCUT2D eigenvalue weighted by Crippen LogP contribution is -2.28. The third kappa shape index (κ3) is 4.10. The van der Waals surface area contributed by atoms with E-state index in [1.807, 2.05) is 0 Å². The zero-order valence-electron chi connectivity index (χ0n) is 9.59. The van der Waals surface area contributed by atoms with E-state index in [0.29, 0.717) is 6.04 Å². The highest BCUT2D eigenvalue weighted by atomic mass is 15.1. The minimum atomic E-state index is 0.717. The lowest BCUT2D eigenvalue weighted by Gasteiger charge is -2.26. The number of rotatable bonds is 5. The molecule has 0 saturated heterocycles. The number of hydrogen-bond donors (Lipinski definition) is 0. The molecular formula is C11H25N. The summed E-state index contributed by atoms with van der Waals surface area (Å²) in [5.74, 6) is 1.72. The van der Waals surface area contributed by atoms with E-state index >= 15 is 0 Å². The second-order valence-electron chi connectivity index (χ2n) is 4.41. The first-order valence-corrected chi connectivity index (χ1v) is 5.15. The monoisotopic (exact) mass is 171 g/mol. The molecule has 0 aromatic rings. The van der Waals surface area contributed by atoms with Gasteiger partial charge in [-0.25, -0.2) is 0 Å². The van der Waals surface area contributed by atoms with Crippen LogP contribution in [0.5, 0.6) is 0 Å². The summed E-state index contributed by atoms with van der Waals surface area (Å²) in [6, 6.07) is 0.717. The summed E-state index contributed by atoms with van der Waals surface area (Å²) in [6.45, 7) is 9.31. The van der Waals surface area contributed by atoms with Crippen molar-refractivity contribution < 1.29 is 0 Å². The quantitative estimate of drug-likeness (QED) is 0.614. The van der Waals surface area contributed by atoms with Gasteiger partial charge in [0, 0.05) is 6.04 Å². The van der Waals surface area contributed by atoms with Crippen molar-refractivity contribution in [2.75, 3.05) is 14.1 Å². The van der Waals surface area contributed by atoms with Gasteiger partial charge in [-0.2, -0.15) is 0 Å². The minimum absolute atomic E-state index is 0.717. The van der Waals surface area contributed by atoms with Gasteiger partial charge in [0.15, 0.2) is 0 Å². The Morgan fingerprint density at radius 3 is 1.83 bits per heavy atom. The standard InChI is InChI=1S/C11H25N/c1-7-9(2)10(3)8-11(4)12(5)6/h9-11H,7-8H2,1-6H3. The predicted octanol–water partition coefficient (Wildman–Crippen LogP) is 3.01. The van der Waals surface area contributed by atoms with E-state index in [4.69, 9.17) is 0 Å². The van der Waals surface area contributed by atoms with Crippen molar-refractivity contribution in [3.05, 3.63) is 0 Å². The van der Waals surface area contributed by atoms with Crippen molar-refractivity contribution in [2.24, 2.45) is 11.8 Å². The predicted molar refractivity (Wildman–Crippen MR) is 56.4 cm³/mol. The fourth-order valence-electron chi connectivity index (χ4n) is 1.38. The Balaban J connectivity index is 3.75. The molecule has 0 rings (SSSR count). The van der Waals surface area contributed by atoms with Crippen LogP contribution in [0.3, 0.4) is 0 Å². The molecule has 0 radical (unpaired) electrons. The maximum atomic E-state index is 2.37. The van der Waals surface area contributed by atoms with Gasteiger partial charge in [0.1, 0.15) is 0 Å². The largest absolute Gasteiger partial charge is 0.307 e. The Kier molecular flexibility index (Phi) is 5.56. The molecule has 1 nitrogen and oxygen atoms in total. The summed E-state index contributed by atoms with van der Waals surface area (Å²) in [6.07, 6.45) is 2.63. The first-order valence-electron chi connectivity index (χ1n) is 5.15. The van der Waals surface area contributed by atoms with Gasteiger partial charge in [0.25, 0.3) is 0 Å². The molecule has 1 heteroatoms. The summed E-state index contributed by atoms with van der Waals surface area (Å²) >= 11 is 0. The highest BCUT2D eigenvalue weighted by Crippen LogP contribution is 2.20. The van der Waals surface area contributed by atoms with Gasteiger partial charge >= 0.3 is 0 Å². The summed E-state index contributed by atoms with van der Waals surface area (Å²) in [5.41, 5.74) is 0. The van der Waals surface area contributed by atoms with Crippen LogP contribution >= 0.6 is 0 Å². The summed E-state index contributed by atoms with van der Waals surface area (Å²) in [5, 5.41) is 0. The average molecular weight is 171 g/mol. The van der Waals surface area contributed by atoms with Crippen molar-refractivity contribution in [1.82, 2.24) is 4.90 Å². The van der Waals surface area contributed by atoms with E-state index in [1.54, 1.807) is 0 Å². The molecule has 12 heavy (non-hydrogen) atoms. The van der Waals surface area contributed by atoms with Crippen LogP contribution in [0.25, 0.3) is 0 Å². The van der Waals surface area contributed by atoms with Crippen LogP contribution in [0, 0.1) is 11.8 Å². The lowest BCUT2D eigenvalue weighted by molar-refractivity contribution is 0.233. The number of nitrogens with zero attached hydrogens (tertiary/aromatic N) is 1. The third-order valence-electron chi connectivity index (χ3n) is 3.21. The molecule has 0 aliphatic carbocycles. The van der Waals surface area contributed by atoms with Gasteiger partial charge < -0.3 is 4.90 Å². The molecule has 74 valence electrons. The van der Waals surface area contributed by atoms with Crippen LogP contribution in [0.15, 0.2) is 0 Å². The van der Waals surface area contributed by atoms with Gasteiger partial charge in [-0.3, -0.25) is 0 Å². The summed E-state index contributed by atoms with van der Waals surface area (Å²) in [7, 11) is 4.32. The van der Waals surface area contributed by atoms with Gasteiger partial charge in [-0.1, -0.05) is 27.2 Å². The Bertz CT molecular complexity index is 110. The van der Waals surface area contributed by atoms with E-state index in [-0.39, 0.29) is 0 Å². The smallest absolute Gasteiger partial charge is 0.00634 e. The molecule has 0 bridgehead atoms. The highest BCUT2D eigenvalue weighted by Gasteiger charge is 2.14. The molecule has 0 heterocycles. The van der Waals surface area contributed by atoms with Crippen molar-refractivity contribution in [3.63, 3.8) is 0 Å². The molecule has 0 spiro atoms. The zero-order chi connectivity index (χ0) is 9.72. The molecule has 0 aliphatic rings. The van der Waals surface area contributed by atoms with Crippen LogP contribution in [-0.2, 0) is 0 Å². The van der Waals surface area contributed by atoms with E-state index in [9.17, 15) is 0 Å². The molecule has 3 unspecified atom stereocenters. The van der Waals surface area contributed by atoms with E-state index in [0.717, 1.165) is 11.8 Å². The number of hydrogen-bond acceptors (Lipinski definition) is 1. The molecule has 0 N–H and O–H groups in total. The van der Waals surface area contributed by atoms with E-state index < -0.39 is 0 Å². The Morgan fingerprint density at radius 1 is 1.00 bits per heavy atom. The summed E-state index contributed by atoms with van der Waals surface area (Å²) < 4.78 is 0. The second kappa shape index (κ2) is 5.58. The van der Waals surface area contributed by atoms with Crippen LogP contribution in [0.2, 0.25) is 0 Å². The molecule has 0 fully saturated rings. The SMILES string of the molecule is CCC(C)C(C)CC(C)N(C)C. The molecule has 0 aromatic heterocycles. The molecule has 3 atom stereocenters. The van der Waals surface area contributed by atoms with E-state index in [2.05, 4.69) is 46.7 Å². The maximum Gasteiger partial charge on any atom is 0.00634 e. The molecular weight excluding hydrogens is 146 g/mol. The molecule has 0 aromatic carbocycles. The Labute approximate surface area is 78.1 Å². The highest BCUT2D eigenvalue weighted by molar-refractivity contribution is 4.68. The first kappa shape index (κ1) is 12.0. The van der Waals surface area contributed by atoms with Crippen LogP contribution in [0.4, 0.5) is 0 Å². The Hall–Kier alpha value is -0.0400. The third-order valence-corrected chi connectivity index (χ3v) is 3.21. The minimum Gasteiger partial charge on any atom is -0.307 e. The second-order valence-corrected chi connectivity index (χ2v) is 4.41. The normalized spacial score (nSPS) is 19.2. The first-order chi connectivity index (χ1) is 5.49. The van der Waals surface area contributed by atoms with Crippen LogP contribution < -0.4 is 0 Å².